The number of hydrogen-bond donors (Lipinski definition) is 3. The molecule has 1 aliphatic carbocycles. The first kappa shape index (κ1) is 14.1. The highest BCUT2D eigenvalue weighted by Crippen LogP contribution is 2.23. The van der Waals surface area contributed by atoms with Gasteiger partial charge in [0.1, 0.15) is 0 Å². The number of rotatable bonds is 0. The van der Waals surface area contributed by atoms with Crippen molar-refractivity contribution in [3.63, 3.8) is 0 Å². The molecule has 3 heteroatoms. The zero-order valence-electron chi connectivity index (χ0n) is 9.44. The lowest BCUT2D eigenvalue weighted by Crippen LogP contribution is -2.09. The topological polar surface area (TPSA) is 0 Å². The van der Waals surface area contributed by atoms with Crippen molar-refractivity contribution in [1.82, 2.24) is 0 Å². The van der Waals surface area contributed by atoms with Crippen molar-refractivity contribution < 1.29 is 0 Å². The Morgan fingerprint density at radius 3 is 1.27 bits per heavy atom. The second-order valence-electron chi connectivity index (χ2n) is 4.75. The molecule has 0 aliphatic heterocycles. The first-order valence-electron chi connectivity index (χ1n) is 6.22. The smallest absolute Gasteiger partial charge is 0.00172 e. The van der Waals surface area contributed by atoms with Gasteiger partial charge in [-0.05, 0) is 38.5 Å². The molecule has 15 heavy (non-hydrogen) atoms. The van der Waals surface area contributed by atoms with Crippen LogP contribution in [-0.2, 0) is 0 Å². The van der Waals surface area contributed by atoms with Crippen LogP contribution in [0.2, 0.25) is 0 Å². The standard InChI is InChI=1S/C12H24S3/c13-10-4-1-2-5-11(14)8-9-12(15)7-3-6-10/h10-15H,1-9H2. The normalized spacial score (nSPS) is 36.6. The number of thiol groups is 3. The molecule has 0 heterocycles. The lowest BCUT2D eigenvalue weighted by molar-refractivity contribution is 0.525. The molecule has 3 unspecified atom stereocenters. The molecule has 0 aromatic carbocycles. The molecule has 0 radical (unpaired) electrons. The molecular weight excluding hydrogens is 240 g/mol. The van der Waals surface area contributed by atoms with Gasteiger partial charge in [-0.1, -0.05) is 19.3 Å². The largest absolute Gasteiger partial charge is 0.176 e. The number of hydrogen-bond acceptors (Lipinski definition) is 3. The average molecular weight is 265 g/mol. The van der Waals surface area contributed by atoms with Crippen molar-refractivity contribution in [1.29, 1.82) is 0 Å². The zero-order chi connectivity index (χ0) is 11.1. The third-order valence-corrected chi connectivity index (χ3v) is 4.78. The molecule has 0 aromatic rings. The maximum absolute atomic E-state index is 4.63. The van der Waals surface area contributed by atoms with E-state index < -0.39 is 0 Å². The van der Waals surface area contributed by atoms with Gasteiger partial charge in [-0.2, -0.15) is 37.9 Å². The molecule has 1 rings (SSSR count). The fourth-order valence-electron chi connectivity index (χ4n) is 2.17. The Hall–Kier alpha value is 1.05. The Kier molecular flexibility index (Phi) is 7.70. The van der Waals surface area contributed by atoms with Gasteiger partial charge in [-0.15, -0.1) is 0 Å². The minimum atomic E-state index is 0.583. The summed E-state index contributed by atoms with van der Waals surface area (Å²) < 4.78 is 0. The van der Waals surface area contributed by atoms with Gasteiger partial charge in [0.2, 0.25) is 0 Å². The Balaban J connectivity index is 2.30. The van der Waals surface area contributed by atoms with E-state index in [1.807, 2.05) is 0 Å². The van der Waals surface area contributed by atoms with Crippen LogP contribution in [0.5, 0.6) is 0 Å². The Bertz CT molecular complexity index is 161. The van der Waals surface area contributed by atoms with E-state index in [1.165, 1.54) is 57.8 Å². The van der Waals surface area contributed by atoms with E-state index >= 15 is 0 Å². The van der Waals surface area contributed by atoms with Crippen molar-refractivity contribution in [2.45, 2.75) is 73.5 Å². The van der Waals surface area contributed by atoms with Crippen molar-refractivity contribution in [2.75, 3.05) is 0 Å². The van der Waals surface area contributed by atoms with Gasteiger partial charge in [0, 0.05) is 15.7 Å². The molecule has 0 spiro atoms. The van der Waals surface area contributed by atoms with E-state index in [0.717, 1.165) is 0 Å². The molecule has 90 valence electrons. The van der Waals surface area contributed by atoms with Crippen LogP contribution in [0, 0.1) is 0 Å². The van der Waals surface area contributed by atoms with Crippen LogP contribution in [0.1, 0.15) is 57.8 Å². The fourth-order valence-corrected chi connectivity index (χ4v) is 3.20. The molecule has 3 atom stereocenters. The van der Waals surface area contributed by atoms with Crippen LogP contribution < -0.4 is 0 Å². The molecule has 1 fully saturated rings. The van der Waals surface area contributed by atoms with E-state index in [2.05, 4.69) is 37.9 Å². The molecule has 0 saturated heterocycles. The van der Waals surface area contributed by atoms with Crippen LogP contribution >= 0.6 is 37.9 Å². The first-order chi connectivity index (χ1) is 7.18. The van der Waals surface area contributed by atoms with E-state index in [9.17, 15) is 0 Å². The highest BCUT2D eigenvalue weighted by atomic mass is 32.1. The van der Waals surface area contributed by atoms with E-state index in [1.54, 1.807) is 0 Å². The third-order valence-electron chi connectivity index (χ3n) is 3.23. The molecular formula is C12H24S3. The van der Waals surface area contributed by atoms with E-state index in [-0.39, 0.29) is 0 Å². The van der Waals surface area contributed by atoms with Crippen molar-refractivity contribution in [3.8, 4) is 0 Å². The molecule has 0 aromatic heterocycles. The lowest BCUT2D eigenvalue weighted by Gasteiger charge is -2.18. The minimum Gasteiger partial charge on any atom is -0.176 e. The Labute approximate surface area is 111 Å². The van der Waals surface area contributed by atoms with Crippen molar-refractivity contribution in [2.24, 2.45) is 0 Å². The quantitative estimate of drug-likeness (QED) is 0.531. The van der Waals surface area contributed by atoms with Gasteiger partial charge in [0.25, 0.3) is 0 Å². The molecule has 1 saturated carbocycles. The summed E-state index contributed by atoms with van der Waals surface area (Å²) in [5.41, 5.74) is 0. The van der Waals surface area contributed by atoms with E-state index in [0.29, 0.717) is 15.7 Å². The van der Waals surface area contributed by atoms with Gasteiger partial charge in [-0.3, -0.25) is 0 Å². The summed E-state index contributed by atoms with van der Waals surface area (Å²) in [4.78, 5) is 0. The summed E-state index contributed by atoms with van der Waals surface area (Å²) in [7, 11) is 0. The SMILES string of the molecule is SC1CCCCC(S)CCC(S)CCC1. The summed E-state index contributed by atoms with van der Waals surface area (Å²) in [6, 6.07) is 0. The molecule has 0 nitrogen and oxygen atoms in total. The lowest BCUT2D eigenvalue weighted by atomic mass is 10.0. The van der Waals surface area contributed by atoms with Crippen LogP contribution in [0.3, 0.4) is 0 Å². The first-order valence-corrected chi connectivity index (χ1v) is 7.77. The predicted octanol–water partition coefficient (Wildman–Crippen LogP) is 4.41. The maximum Gasteiger partial charge on any atom is 0.00172 e. The third kappa shape index (κ3) is 7.06. The molecule has 0 N–H and O–H groups in total. The van der Waals surface area contributed by atoms with Crippen LogP contribution in [-0.4, -0.2) is 15.7 Å². The zero-order valence-corrected chi connectivity index (χ0v) is 12.1. The highest BCUT2D eigenvalue weighted by molar-refractivity contribution is 7.81. The minimum absolute atomic E-state index is 0.583. The molecule has 0 bridgehead atoms. The monoisotopic (exact) mass is 264 g/mol. The van der Waals surface area contributed by atoms with Gasteiger partial charge in [0.05, 0.1) is 0 Å². The van der Waals surface area contributed by atoms with Gasteiger partial charge >= 0.3 is 0 Å². The van der Waals surface area contributed by atoms with E-state index in [4.69, 9.17) is 0 Å². The summed E-state index contributed by atoms with van der Waals surface area (Å²) >= 11 is 13.9. The summed E-state index contributed by atoms with van der Waals surface area (Å²) in [6.07, 6.45) is 11.5. The Morgan fingerprint density at radius 1 is 0.467 bits per heavy atom. The summed E-state index contributed by atoms with van der Waals surface area (Å²) in [5, 5.41) is 1.79. The van der Waals surface area contributed by atoms with Gasteiger partial charge < -0.3 is 0 Å². The predicted molar refractivity (Wildman–Crippen MR) is 79.9 cm³/mol. The van der Waals surface area contributed by atoms with Gasteiger partial charge in [0.15, 0.2) is 0 Å². The second kappa shape index (κ2) is 8.19. The van der Waals surface area contributed by atoms with Crippen LogP contribution in [0.25, 0.3) is 0 Å². The van der Waals surface area contributed by atoms with Crippen LogP contribution in [0.15, 0.2) is 0 Å². The fraction of sp³-hybridized carbons (Fsp3) is 1.00. The van der Waals surface area contributed by atoms with Crippen molar-refractivity contribution in [3.05, 3.63) is 0 Å². The van der Waals surface area contributed by atoms with Crippen molar-refractivity contribution >= 4 is 37.9 Å². The van der Waals surface area contributed by atoms with Crippen LogP contribution in [0.4, 0.5) is 0 Å². The molecule has 0 amide bonds. The molecule has 1 aliphatic rings. The van der Waals surface area contributed by atoms with Gasteiger partial charge in [-0.25, -0.2) is 0 Å². The summed E-state index contributed by atoms with van der Waals surface area (Å²) in [6.45, 7) is 0. The Morgan fingerprint density at radius 2 is 0.800 bits per heavy atom. The summed E-state index contributed by atoms with van der Waals surface area (Å²) in [5.74, 6) is 0. The second-order valence-corrected chi connectivity index (χ2v) is 6.95. The average Bonchev–Trinajstić information content (AvgIpc) is 2.20. The maximum atomic E-state index is 4.63. The highest BCUT2D eigenvalue weighted by Gasteiger charge is 2.11.